The summed E-state index contributed by atoms with van der Waals surface area (Å²) in [4.78, 5) is 13.7. The maximum atomic E-state index is 11.8. The number of amides is 1. The second-order valence-electron chi connectivity index (χ2n) is 5.01. The van der Waals surface area contributed by atoms with Gasteiger partial charge in [-0.3, -0.25) is 0 Å². The van der Waals surface area contributed by atoms with E-state index in [4.69, 9.17) is 4.74 Å². The Bertz CT molecular complexity index is 270. The Labute approximate surface area is 90.0 Å². The molecule has 1 spiro atoms. The summed E-state index contributed by atoms with van der Waals surface area (Å²) < 4.78 is 5.61. The van der Waals surface area contributed by atoms with E-state index in [0.29, 0.717) is 6.04 Å². The zero-order chi connectivity index (χ0) is 10.3. The molecule has 2 heterocycles. The van der Waals surface area contributed by atoms with E-state index < -0.39 is 0 Å². The minimum atomic E-state index is -0.155. The molecule has 0 unspecified atom stereocenters. The van der Waals surface area contributed by atoms with E-state index in [0.717, 1.165) is 32.5 Å². The number of nitrogens with one attached hydrogen (secondary N) is 1. The Hall–Kier alpha value is -0.770. The van der Waals surface area contributed by atoms with Crippen molar-refractivity contribution in [2.75, 3.05) is 19.6 Å². The summed E-state index contributed by atoms with van der Waals surface area (Å²) in [6.07, 6.45) is 5.49. The Morgan fingerprint density at radius 1 is 1.33 bits per heavy atom. The van der Waals surface area contributed by atoms with Gasteiger partial charge >= 0.3 is 6.09 Å². The molecule has 0 atom stereocenters. The van der Waals surface area contributed by atoms with Gasteiger partial charge in [0.05, 0.1) is 6.54 Å². The molecule has 2 aliphatic heterocycles. The van der Waals surface area contributed by atoms with Gasteiger partial charge in [0.25, 0.3) is 0 Å². The minimum Gasteiger partial charge on any atom is -0.441 e. The van der Waals surface area contributed by atoms with Gasteiger partial charge in [-0.25, -0.2) is 4.79 Å². The number of hydrogen-bond acceptors (Lipinski definition) is 3. The van der Waals surface area contributed by atoms with Crippen molar-refractivity contribution >= 4 is 6.09 Å². The molecule has 3 aliphatic rings. The van der Waals surface area contributed by atoms with Crippen LogP contribution in [0, 0.1) is 0 Å². The fourth-order valence-corrected chi connectivity index (χ4v) is 2.77. The molecular formula is C11H18N2O2. The number of hydrogen-bond donors (Lipinski definition) is 1. The zero-order valence-corrected chi connectivity index (χ0v) is 9.00. The van der Waals surface area contributed by atoms with Crippen molar-refractivity contribution in [2.45, 2.75) is 43.7 Å². The lowest BCUT2D eigenvalue weighted by Gasteiger charge is -2.35. The highest BCUT2D eigenvalue weighted by Gasteiger charge is 2.48. The molecule has 3 fully saturated rings. The van der Waals surface area contributed by atoms with Crippen molar-refractivity contribution in [3.05, 3.63) is 0 Å². The van der Waals surface area contributed by atoms with Crippen molar-refractivity contribution in [3.63, 3.8) is 0 Å². The first-order valence-corrected chi connectivity index (χ1v) is 5.99. The van der Waals surface area contributed by atoms with Crippen LogP contribution in [0.2, 0.25) is 0 Å². The normalized spacial score (nSPS) is 30.4. The third-order valence-corrected chi connectivity index (χ3v) is 4.03. The van der Waals surface area contributed by atoms with E-state index in [1.165, 1.54) is 19.3 Å². The molecule has 4 nitrogen and oxygen atoms in total. The highest BCUT2D eigenvalue weighted by molar-refractivity contribution is 5.71. The van der Waals surface area contributed by atoms with Crippen molar-refractivity contribution < 1.29 is 9.53 Å². The molecule has 4 heteroatoms. The molecular weight excluding hydrogens is 192 g/mol. The predicted octanol–water partition coefficient (Wildman–Crippen LogP) is 1.11. The average Bonchev–Trinajstić information content (AvgIpc) is 2.42. The first kappa shape index (κ1) is 9.46. The number of carbonyl (C=O) groups is 1. The highest BCUT2D eigenvalue weighted by atomic mass is 16.6. The van der Waals surface area contributed by atoms with Gasteiger partial charge in [0.2, 0.25) is 0 Å². The summed E-state index contributed by atoms with van der Waals surface area (Å²) in [5, 5.41) is 3.31. The number of rotatable bonds is 1. The molecule has 1 aliphatic carbocycles. The monoisotopic (exact) mass is 210 g/mol. The minimum absolute atomic E-state index is 0.0680. The third-order valence-electron chi connectivity index (χ3n) is 4.03. The van der Waals surface area contributed by atoms with Crippen molar-refractivity contribution in [1.82, 2.24) is 10.2 Å². The van der Waals surface area contributed by atoms with Gasteiger partial charge in [0, 0.05) is 18.9 Å². The molecule has 3 rings (SSSR count). The number of nitrogens with zero attached hydrogens (tertiary/aromatic N) is 1. The van der Waals surface area contributed by atoms with Crippen LogP contribution in [-0.2, 0) is 4.74 Å². The van der Waals surface area contributed by atoms with Gasteiger partial charge in [0.15, 0.2) is 0 Å². The van der Waals surface area contributed by atoms with Crippen LogP contribution in [0.1, 0.15) is 32.1 Å². The van der Waals surface area contributed by atoms with Crippen LogP contribution in [0.5, 0.6) is 0 Å². The summed E-state index contributed by atoms with van der Waals surface area (Å²) in [7, 11) is 0. The molecule has 0 aromatic carbocycles. The van der Waals surface area contributed by atoms with Gasteiger partial charge in [-0.05, 0) is 32.4 Å². The van der Waals surface area contributed by atoms with Gasteiger partial charge in [0.1, 0.15) is 5.60 Å². The molecule has 0 aromatic rings. The predicted molar refractivity (Wildman–Crippen MR) is 55.7 cm³/mol. The summed E-state index contributed by atoms with van der Waals surface area (Å²) in [5.74, 6) is 0. The zero-order valence-electron chi connectivity index (χ0n) is 9.00. The first-order chi connectivity index (χ1) is 7.29. The van der Waals surface area contributed by atoms with E-state index in [9.17, 15) is 4.79 Å². The lowest BCUT2D eigenvalue weighted by atomic mass is 9.88. The lowest BCUT2D eigenvalue weighted by molar-refractivity contribution is 0.0316. The Morgan fingerprint density at radius 2 is 2.07 bits per heavy atom. The van der Waals surface area contributed by atoms with Crippen LogP contribution < -0.4 is 5.32 Å². The molecule has 1 amide bonds. The Balaban J connectivity index is 1.71. The van der Waals surface area contributed by atoms with Gasteiger partial charge < -0.3 is 15.0 Å². The summed E-state index contributed by atoms with van der Waals surface area (Å²) >= 11 is 0. The largest absolute Gasteiger partial charge is 0.441 e. The van der Waals surface area contributed by atoms with Crippen molar-refractivity contribution in [3.8, 4) is 0 Å². The molecule has 1 N–H and O–H groups in total. The molecule has 0 radical (unpaired) electrons. The van der Waals surface area contributed by atoms with Crippen LogP contribution >= 0.6 is 0 Å². The van der Waals surface area contributed by atoms with Crippen LogP contribution in [0.25, 0.3) is 0 Å². The van der Waals surface area contributed by atoms with Gasteiger partial charge in [-0.1, -0.05) is 0 Å². The fraction of sp³-hybridized carbons (Fsp3) is 0.909. The van der Waals surface area contributed by atoms with Crippen LogP contribution in [0.4, 0.5) is 4.79 Å². The van der Waals surface area contributed by atoms with E-state index in [2.05, 4.69) is 5.32 Å². The van der Waals surface area contributed by atoms with Crippen molar-refractivity contribution in [1.29, 1.82) is 0 Å². The summed E-state index contributed by atoms with van der Waals surface area (Å²) in [6, 6.07) is 0.478. The van der Waals surface area contributed by atoms with Crippen LogP contribution in [0.3, 0.4) is 0 Å². The number of carbonyl (C=O) groups excluding carboxylic acids is 1. The quantitative estimate of drug-likeness (QED) is 0.705. The Morgan fingerprint density at radius 3 is 2.67 bits per heavy atom. The third kappa shape index (κ3) is 1.51. The molecule has 0 bridgehead atoms. The SMILES string of the molecule is O=C1OC2(CCNCC2)CN1C1CCC1. The molecule has 0 aromatic heterocycles. The van der Waals surface area contributed by atoms with E-state index >= 15 is 0 Å². The van der Waals surface area contributed by atoms with E-state index in [1.54, 1.807) is 0 Å². The number of piperidine rings is 1. The van der Waals surface area contributed by atoms with E-state index in [1.807, 2.05) is 4.90 Å². The second-order valence-corrected chi connectivity index (χ2v) is 5.01. The van der Waals surface area contributed by atoms with Crippen LogP contribution in [-0.4, -0.2) is 42.3 Å². The number of ether oxygens (including phenoxy) is 1. The molecule has 1 saturated carbocycles. The fourth-order valence-electron chi connectivity index (χ4n) is 2.77. The van der Waals surface area contributed by atoms with Gasteiger partial charge in [-0.15, -0.1) is 0 Å². The topological polar surface area (TPSA) is 41.6 Å². The summed E-state index contributed by atoms with van der Waals surface area (Å²) in [6.45, 7) is 2.79. The van der Waals surface area contributed by atoms with E-state index in [-0.39, 0.29) is 11.7 Å². The van der Waals surface area contributed by atoms with Crippen LogP contribution in [0.15, 0.2) is 0 Å². The molecule has 2 saturated heterocycles. The molecule has 15 heavy (non-hydrogen) atoms. The summed E-state index contributed by atoms with van der Waals surface area (Å²) in [5.41, 5.74) is -0.155. The molecule has 84 valence electrons. The maximum Gasteiger partial charge on any atom is 0.410 e. The standard InChI is InChI=1S/C11H18N2O2/c14-10-13(9-2-1-3-9)8-11(15-10)4-6-12-7-5-11/h9,12H,1-8H2. The Kier molecular flexibility index (Phi) is 2.12. The van der Waals surface area contributed by atoms with Crippen molar-refractivity contribution in [2.24, 2.45) is 0 Å². The highest BCUT2D eigenvalue weighted by Crippen LogP contribution is 2.36. The maximum absolute atomic E-state index is 11.8. The average molecular weight is 210 g/mol. The smallest absolute Gasteiger partial charge is 0.410 e. The lowest BCUT2D eigenvalue weighted by Crippen LogP contribution is -2.47. The second kappa shape index (κ2) is 3.37. The first-order valence-electron chi connectivity index (χ1n) is 5.99. The van der Waals surface area contributed by atoms with Gasteiger partial charge in [-0.2, -0.15) is 0 Å².